The second-order valence-electron chi connectivity index (χ2n) is 7.55. The van der Waals surface area contributed by atoms with Crippen LogP contribution in [0.5, 0.6) is 5.75 Å². The maximum Gasteiger partial charge on any atom is 0.228 e. The first-order valence-corrected chi connectivity index (χ1v) is 9.92. The predicted molar refractivity (Wildman–Crippen MR) is 115 cm³/mol. The molecule has 0 radical (unpaired) electrons. The molecule has 152 valence electrons. The van der Waals surface area contributed by atoms with E-state index in [9.17, 15) is 9.59 Å². The van der Waals surface area contributed by atoms with Crippen LogP contribution in [0.25, 0.3) is 11.0 Å². The van der Waals surface area contributed by atoms with Crippen molar-refractivity contribution in [3.63, 3.8) is 0 Å². The van der Waals surface area contributed by atoms with E-state index < -0.39 is 0 Å². The Morgan fingerprint density at radius 3 is 2.48 bits per heavy atom. The molecule has 0 aliphatic rings. The fraction of sp³-hybridized carbons (Fsp3) is 0.333. The van der Waals surface area contributed by atoms with E-state index in [-0.39, 0.29) is 17.0 Å². The smallest absolute Gasteiger partial charge is 0.228 e. The van der Waals surface area contributed by atoms with Crippen molar-refractivity contribution in [1.82, 2.24) is 5.32 Å². The van der Waals surface area contributed by atoms with E-state index in [1.54, 1.807) is 36.4 Å². The van der Waals surface area contributed by atoms with Crippen LogP contribution in [0.1, 0.15) is 47.5 Å². The average Bonchev–Trinajstić information content (AvgIpc) is 2.68. The van der Waals surface area contributed by atoms with Crippen molar-refractivity contribution in [3.8, 4) is 5.75 Å². The molecule has 2 aromatic carbocycles. The van der Waals surface area contributed by atoms with Gasteiger partial charge in [0.05, 0.1) is 12.0 Å². The molecule has 0 fully saturated rings. The van der Waals surface area contributed by atoms with Gasteiger partial charge in [-0.3, -0.25) is 9.59 Å². The molecule has 0 saturated carbocycles. The Morgan fingerprint density at radius 2 is 1.79 bits per heavy atom. The van der Waals surface area contributed by atoms with Gasteiger partial charge in [0.25, 0.3) is 0 Å². The Labute approximate surface area is 170 Å². The summed E-state index contributed by atoms with van der Waals surface area (Å²) in [5.74, 6) is 0.527. The van der Waals surface area contributed by atoms with E-state index >= 15 is 0 Å². The molecule has 3 aromatic rings. The summed E-state index contributed by atoms with van der Waals surface area (Å²) in [7, 11) is 0. The number of benzene rings is 2. The molecule has 0 spiro atoms. The third-order valence-corrected chi connectivity index (χ3v) is 4.70. The molecule has 3 rings (SSSR count). The Morgan fingerprint density at radius 1 is 1.10 bits per heavy atom. The Kier molecular flexibility index (Phi) is 6.49. The molecule has 29 heavy (non-hydrogen) atoms. The number of nitrogens with one attached hydrogen (secondary N) is 1. The van der Waals surface area contributed by atoms with Gasteiger partial charge in [-0.1, -0.05) is 26.0 Å². The van der Waals surface area contributed by atoms with Crippen LogP contribution < -0.4 is 15.5 Å². The first kappa shape index (κ1) is 20.8. The zero-order valence-electron chi connectivity index (χ0n) is 17.4. The first-order chi connectivity index (χ1) is 13.9. The van der Waals surface area contributed by atoms with Crippen LogP contribution in [-0.4, -0.2) is 25.0 Å². The molecule has 0 amide bonds. The molecule has 5 nitrogen and oxygen atoms in total. The number of ketones is 1. The number of aryl methyl sites for hydroxylation is 2. The first-order valence-electron chi connectivity index (χ1n) is 9.92. The quantitative estimate of drug-likeness (QED) is 0.454. The fourth-order valence-electron chi connectivity index (χ4n) is 3.30. The average molecular weight is 393 g/mol. The van der Waals surface area contributed by atoms with Crippen LogP contribution in [0.3, 0.4) is 0 Å². The van der Waals surface area contributed by atoms with Crippen LogP contribution in [0.2, 0.25) is 0 Å². The van der Waals surface area contributed by atoms with Crippen molar-refractivity contribution < 1.29 is 13.9 Å². The Hall–Kier alpha value is -2.92. The maximum atomic E-state index is 12.9. The van der Waals surface area contributed by atoms with E-state index in [0.717, 1.165) is 29.8 Å². The standard InChI is InChI=1S/C24H27NO4/c1-15(2)25-10-7-11-28-24-16(3)12-18(13-17(24)4)23(27)22-14-20(26)19-8-5-6-9-21(19)29-22/h5-6,8-9,12-15,25H,7,10-11H2,1-4H3. The summed E-state index contributed by atoms with van der Waals surface area (Å²) < 4.78 is 11.6. The van der Waals surface area contributed by atoms with E-state index in [4.69, 9.17) is 9.15 Å². The second-order valence-corrected chi connectivity index (χ2v) is 7.55. The van der Waals surface area contributed by atoms with Crippen molar-refractivity contribution in [3.05, 3.63) is 75.1 Å². The molecule has 1 aromatic heterocycles. The van der Waals surface area contributed by atoms with Gasteiger partial charge in [0.1, 0.15) is 11.3 Å². The van der Waals surface area contributed by atoms with E-state index in [0.29, 0.717) is 29.2 Å². The minimum Gasteiger partial charge on any atom is -0.493 e. The lowest BCUT2D eigenvalue weighted by atomic mass is 10.0. The van der Waals surface area contributed by atoms with Crippen molar-refractivity contribution >= 4 is 16.8 Å². The minimum atomic E-state index is -0.313. The van der Waals surface area contributed by atoms with E-state index in [1.807, 2.05) is 13.8 Å². The summed E-state index contributed by atoms with van der Waals surface area (Å²) in [4.78, 5) is 25.2. The lowest BCUT2D eigenvalue weighted by Gasteiger charge is -2.14. The number of hydrogen-bond donors (Lipinski definition) is 1. The number of hydrogen-bond acceptors (Lipinski definition) is 5. The number of carbonyl (C=O) groups excluding carboxylic acids is 1. The summed E-state index contributed by atoms with van der Waals surface area (Å²) in [5, 5.41) is 3.82. The van der Waals surface area contributed by atoms with Gasteiger partial charge in [0.2, 0.25) is 5.78 Å². The minimum absolute atomic E-state index is 0.0425. The van der Waals surface area contributed by atoms with Crippen molar-refractivity contribution in [2.24, 2.45) is 0 Å². The highest BCUT2D eigenvalue weighted by molar-refractivity contribution is 6.08. The topological polar surface area (TPSA) is 68.5 Å². The Bertz CT molecular complexity index is 1060. The zero-order valence-corrected chi connectivity index (χ0v) is 17.4. The molecule has 0 bridgehead atoms. The monoisotopic (exact) mass is 393 g/mol. The van der Waals surface area contributed by atoms with Gasteiger partial charge >= 0.3 is 0 Å². The maximum absolute atomic E-state index is 12.9. The van der Waals surface area contributed by atoms with Crippen LogP contribution >= 0.6 is 0 Å². The summed E-state index contributed by atoms with van der Waals surface area (Å²) in [6, 6.07) is 12.2. The second kappa shape index (κ2) is 9.05. The molecule has 0 aliphatic heterocycles. The zero-order chi connectivity index (χ0) is 21.0. The van der Waals surface area contributed by atoms with Crippen molar-refractivity contribution in [2.45, 2.75) is 40.2 Å². The normalized spacial score (nSPS) is 11.2. The molecular formula is C24H27NO4. The van der Waals surface area contributed by atoms with Gasteiger partial charge in [0, 0.05) is 17.7 Å². The predicted octanol–water partition coefficient (Wildman–Crippen LogP) is 4.41. The number of para-hydroxylation sites is 1. The fourth-order valence-corrected chi connectivity index (χ4v) is 3.30. The molecule has 1 heterocycles. The van der Waals surface area contributed by atoms with Gasteiger partial charge in [-0.15, -0.1) is 0 Å². The summed E-state index contributed by atoms with van der Waals surface area (Å²) >= 11 is 0. The van der Waals surface area contributed by atoms with Crippen LogP contribution in [-0.2, 0) is 0 Å². The largest absolute Gasteiger partial charge is 0.493 e. The molecule has 0 atom stereocenters. The van der Waals surface area contributed by atoms with Gasteiger partial charge in [-0.25, -0.2) is 0 Å². The molecule has 5 heteroatoms. The highest BCUT2D eigenvalue weighted by atomic mass is 16.5. The number of carbonyl (C=O) groups is 1. The van der Waals surface area contributed by atoms with E-state index in [1.165, 1.54) is 6.07 Å². The summed E-state index contributed by atoms with van der Waals surface area (Å²) in [6.45, 7) is 9.57. The molecule has 1 N–H and O–H groups in total. The van der Waals surface area contributed by atoms with Crippen molar-refractivity contribution in [1.29, 1.82) is 0 Å². The number of rotatable bonds is 8. The van der Waals surface area contributed by atoms with Gasteiger partial charge in [-0.05, 0) is 62.2 Å². The summed E-state index contributed by atoms with van der Waals surface area (Å²) in [5.41, 5.74) is 2.43. The Balaban J connectivity index is 1.79. The number of ether oxygens (including phenoxy) is 1. The highest BCUT2D eigenvalue weighted by Crippen LogP contribution is 2.26. The number of fused-ring (bicyclic) bond motifs is 1. The van der Waals surface area contributed by atoms with Crippen molar-refractivity contribution in [2.75, 3.05) is 13.2 Å². The SMILES string of the molecule is Cc1cc(C(=O)c2cc(=O)c3ccccc3o2)cc(C)c1OCCCNC(C)C. The third kappa shape index (κ3) is 4.93. The molecule has 0 unspecified atom stereocenters. The highest BCUT2D eigenvalue weighted by Gasteiger charge is 2.17. The molecule has 0 saturated heterocycles. The molecular weight excluding hydrogens is 366 g/mol. The van der Waals surface area contributed by atoms with E-state index in [2.05, 4.69) is 19.2 Å². The van der Waals surface area contributed by atoms with Crippen LogP contribution in [0.4, 0.5) is 0 Å². The van der Waals surface area contributed by atoms with Gasteiger partial charge in [0.15, 0.2) is 11.2 Å². The lowest BCUT2D eigenvalue weighted by Crippen LogP contribution is -2.24. The lowest BCUT2D eigenvalue weighted by molar-refractivity contribution is 0.101. The van der Waals surface area contributed by atoms with Crippen LogP contribution in [0, 0.1) is 13.8 Å². The molecule has 0 aliphatic carbocycles. The van der Waals surface area contributed by atoms with Crippen LogP contribution in [0.15, 0.2) is 51.7 Å². The van der Waals surface area contributed by atoms with Gasteiger partial charge in [-0.2, -0.15) is 0 Å². The third-order valence-electron chi connectivity index (χ3n) is 4.70. The van der Waals surface area contributed by atoms with Gasteiger partial charge < -0.3 is 14.5 Å². The summed E-state index contributed by atoms with van der Waals surface area (Å²) in [6.07, 6.45) is 0.903.